The Kier molecular flexibility index (Phi) is 3.32. The summed E-state index contributed by atoms with van der Waals surface area (Å²) in [5.41, 5.74) is 5.58. The number of sulfonamides is 1. The zero-order chi connectivity index (χ0) is 12.5. The summed E-state index contributed by atoms with van der Waals surface area (Å²) in [5, 5.41) is 9.02. The van der Waals surface area contributed by atoms with E-state index < -0.39 is 10.0 Å². The second-order valence-corrected chi connectivity index (χ2v) is 5.99. The molecule has 1 fully saturated rings. The largest absolute Gasteiger partial charge is 0.396 e. The van der Waals surface area contributed by atoms with Crippen molar-refractivity contribution in [1.29, 1.82) is 0 Å². The summed E-state index contributed by atoms with van der Waals surface area (Å²) in [6.45, 7) is 0.767. The van der Waals surface area contributed by atoms with Crippen LogP contribution in [0.5, 0.6) is 0 Å². The molecule has 2 heterocycles. The lowest BCUT2D eigenvalue weighted by molar-refractivity contribution is 0.233. The van der Waals surface area contributed by atoms with Crippen LogP contribution in [0.15, 0.2) is 23.2 Å². The summed E-state index contributed by atoms with van der Waals surface area (Å²) in [4.78, 5) is 3.82. The molecule has 6 nitrogen and oxygen atoms in total. The van der Waals surface area contributed by atoms with Gasteiger partial charge in [-0.3, -0.25) is 0 Å². The van der Waals surface area contributed by atoms with E-state index in [9.17, 15) is 8.42 Å². The number of rotatable bonds is 3. The van der Waals surface area contributed by atoms with Gasteiger partial charge in [-0.25, -0.2) is 13.4 Å². The molecule has 0 radical (unpaired) electrons. The van der Waals surface area contributed by atoms with Gasteiger partial charge in [-0.1, -0.05) is 0 Å². The van der Waals surface area contributed by atoms with E-state index in [-0.39, 0.29) is 23.2 Å². The maximum absolute atomic E-state index is 12.2. The third-order valence-corrected chi connectivity index (χ3v) is 4.84. The summed E-state index contributed by atoms with van der Waals surface area (Å²) < 4.78 is 25.8. The smallest absolute Gasteiger partial charge is 0.246 e. The van der Waals surface area contributed by atoms with E-state index >= 15 is 0 Å². The van der Waals surface area contributed by atoms with Crippen LogP contribution in [0.3, 0.4) is 0 Å². The summed E-state index contributed by atoms with van der Waals surface area (Å²) in [7, 11) is -3.58. The van der Waals surface area contributed by atoms with E-state index in [0.717, 1.165) is 0 Å². The fraction of sp³-hybridized carbons (Fsp3) is 0.500. The number of nitrogen functional groups attached to an aromatic ring is 1. The molecular weight excluding hydrogens is 242 g/mol. The lowest BCUT2D eigenvalue weighted by atomic mass is 10.1. The molecule has 7 heteroatoms. The second kappa shape index (κ2) is 4.59. The molecule has 0 amide bonds. The van der Waals surface area contributed by atoms with Gasteiger partial charge in [0.15, 0.2) is 0 Å². The Hall–Kier alpha value is -1.18. The van der Waals surface area contributed by atoms with Crippen LogP contribution in [-0.2, 0) is 10.0 Å². The van der Waals surface area contributed by atoms with Gasteiger partial charge in [-0.2, -0.15) is 4.31 Å². The van der Waals surface area contributed by atoms with Crippen LogP contribution >= 0.6 is 0 Å². The number of hydrogen-bond acceptors (Lipinski definition) is 5. The summed E-state index contributed by atoms with van der Waals surface area (Å²) >= 11 is 0. The Balaban J connectivity index is 2.29. The van der Waals surface area contributed by atoms with Crippen molar-refractivity contribution in [2.75, 3.05) is 25.4 Å². The molecule has 3 N–H and O–H groups in total. The number of nitrogens with zero attached hydrogens (tertiary/aromatic N) is 2. The van der Waals surface area contributed by atoms with Crippen molar-refractivity contribution in [1.82, 2.24) is 9.29 Å². The van der Waals surface area contributed by atoms with E-state index in [0.29, 0.717) is 19.5 Å². The van der Waals surface area contributed by atoms with Gasteiger partial charge in [0.25, 0.3) is 0 Å². The summed E-state index contributed by atoms with van der Waals surface area (Å²) in [6.07, 6.45) is 2.13. The molecule has 0 saturated carbocycles. The van der Waals surface area contributed by atoms with Crippen LogP contribution in [0.1, 0.15) is 6.42 Å². The third kappa shape index (κ3) is 2.26. The Morgan fingerprint density at radius 3 is 2.94 bits per heavy atom. The zero-order valence-electron chi connectivity index (χ0n) is 9.28. The second-order valence-electron chi connectivity index (χ2n) is 4.09. The lowest BCUT2D eigenvalue weighted by Gasteiger charge is -2.16. The molecule has 1 aromatic rings. The first-order valence-corrected chi connectivity index (χ1v) is 6.81. The molecule has 1 aliphatic rings. The Labute approximate surface area is 100 Å². The van der Waals surface area contributed by atoms with Crippen molar-refractivity contribution < 1.29 is 13.5 Å². The topological polar surface area (TPSA) is 96.5 Å². The van der Waals surface area contributed by atoms with Crippen LogP contribution in [0.2, 0.25) is 0 Å². The van der Waals surface area contributed by atoms with Crippen LogP contribution in [0.4, 0.5) is 5.82 Å². The van der Waals surface area contributed by atoms with Crippen molar-refractivity contribution >= 4 is 15.8 Å². The Morgan fingerprint density at radius 2 is 2.35 bits per heavy atom. The molecule has 0 bridgehead atoms. The van der Waals surface area contributed by atoms with E-state index in [4.69, 9.17) is 10.8 Å². The molecule has 1 aromatic heterocycles. The highest BCUT2D eigenvalue weighted by Crippen LogP contribution is 2.26. The third-order valence-electron chi connectivity index (χ3n) is 2.92. The first kappa shape index (κ1) is 12.3. The lowest BCUT2D eigenvalue weighted by Crippen LogP contribution is -2.30. The number of pyridine rings is 1. The highest BCUT2D eigenvalue weighted by atomic mass is 32.2. The number of aliphatic hydroxyl groups is 1. The van der Waals surface area contributed by atoms with Gasteiger partial charge in [-0.05, 0) is 24.5 Å². The fourth-order valence-electron chi connectivity index (χ4n) is 1.92. The van der Waals surface area contributed by atoms with Crippen LogP contribution in [-0.4, -0.2) is 42.5 Å². The molecule has 0 aliphatic carbocycles. The molecule has 0 spiro atoms. The first-order valence-electron chi connectivity index (χ1n) is 5.37. The van der Waals surface area contributed by atoms with E-state index in [1.165, 1.54) is 16.6 Å². The normalized spacial score (nSPS) is 21.8. The Morgan fingerprint density at radius 1 is 1.59 bits per heavy atom. The van der Waals surface area contributed by atoms with Crippen molar-refractivity contribution in [3.05, 3.63) is 18.3 Å². The van der Waals surface area contributed by atoms with Gasteiger partial charge in [0.1, 0.15) is 10.7 Å². The zero-order valence-corrected chi connectivity index (χ0v) is 10.1. The number of hydrogen-bond donors (Lipinski definition) is 2. The predicted octanol–water partition coefficient (Wildman–Crippen LogP) is -0.333. The summed E-state index contributed by atoms with van der Waals surface area (Å²) in [6, 6.07) is 2.99. The van der Waals surface area contributed by atoms with Gasteiger partial charge >= 0.3 is 0 Å². The SMILES string of the molecule is Nc1ncccc1S(=O)(=O)N1CCC(CO)C1. The standard InChI is InChI=1S/C10H15N3O3S/c11-10-9(2-1-4-12-10)17(15,16)13-5-3-8(6-13)7-14/h1-2,4,8,14H,3,5-7H2,(H2,11,12). The van der Waals surface area contributed by atoms with Crippen LogP contribution in [0.25, 0.3) is 0 Å². The quantitative estimate of drug-likeness (QED) is 0.772. The molecular formula is C10H15N3O3S. The Bertz CT molecular complexity index is 503. The van der Waals surface area contributed by atoms with E-state index in [1.807, 2.05) is 0 Å². The maximum Gasteiger partial charge on any atom is 0.246 e. The fourth-order valence-corrected chi connectivity index (χ4v) is 3.52. The van der Waals surface area contributed by atoms with Gasteiger partial charge in [-0.15, -0.1) is 0 Å². The van der Waals surface area contributed by atoms with Gasteiger partial charge < -0.3 is 10.8 Å². The molecule has 1 aliphatic heterocycles. The van der Waals surface area contributed by atoms with Gasteiger partial charge in [0.05, 0.1) is 0 Å². The number of aromatic nitrogens is 1. The predicted molar refractivity (Wildman–Crippen MR) is 62.6 cm³/mol. The number of aliphatic hydroxyl groups excluding tert-OH is 1. The molecule has 94 valence electrons. The monoisotopic (exact) mass is 257 g/mol. The average molecular weight is 257 g/mol. The summed E-state index contributed by atoms with van der Waals surface area (Å²) in [5.74, 6) is 0.0302. The molecule has 1 unspecified atom stereocenters. The average Bonchev–Trinajstić information content (AvgIpc) is 2.78. The van der Waals surface area contributed by atoms with E-state index in [2.05, 4.69) is 4.98 Å². The first-order chi connectivity index (χ1) is 8.05. The highest BCUT2D eigenvalue weighted by Gasteiger charge is 2.33. The highest BCUT2D eigenvalue weighted by molar-refractivity contribution is 7.89. The van der Waals surface area contributed by atoms with Crippen LogP contribution in [0, 0.1) is 5.92 Å². The molecule has 17 heavy (non-hydrogen) atoms. The molecule has 2 rings (SSSR count). The molecule has 1 saturated heterocycles. The van der Waals surface area contributed by atoms with Crippen molar-refractivity contribution in [3.63, 3.8) is 0 Å². The minimum absolute atomic E-state index is 0.00847. The molecule has 0 aromatic carbocycles. The van der Waals surface area contributed by atoms with E-state index in [1.54, 1.807) is 6.07 Å². The van der Waals surface area contributed by atoms with Crippen molar-refractivity contribution in [3.8, 4) is 0 Å². The van der Waals surface area contributed by atoms with Gasteiger partial charge in [0, 0.05) is 25.9 Å². The number of nitrogens with two attached hydrogens (primary N) is 1. The van der Waals surface area contributed by atoms with Crippen molar-refractivity contribution in [2.45, 2.75) is 11.3 Å². The van der Waals surface area contributed by atoms with Crippen molar-refractivity contribution in [2.24, 2.45) is 5.92 Å². The van der Waals surface area contributed by atoms with Gasteiger partial charge in [0.2, 0.25) is 10.0 Å². The maximum atomic E-state index is 12.2. The minimum atomic E-state index is -3.58. The van der Waals surface area contributed by atoms with Crippen LogP contribution < -0.4 is 5.73 Å². The number of anilines is 1. The molecule has 1 atom stereocenters. The minimum Gasteiger partial charge on any atom is -0.396 e.